The summed E-state index contributed by atoms with van der Waals surface area (Å²) in [5, 5.41) is 1.20. The molecule has 6 nitrogen and oxygen atoms in total. The Balaban J connectivity index is 1.39. The smallest absolute Gasteiger partial charge is 0.263 e. The summed E-state index contributed by atoms with van der Waals surface area (Å²) in [4.78, 5) is 21.9. The summed E-state index contributed by atoms with van der Waals surface area (Å²) in [6.45, 7) is 8.85. The minimum atomic E-state index is -0.538. The highest BCUT2D eigenvalue weighted by Crippen LogP contribution is 2.25. The molecule has 1 aliphatic rings. The van der Waals surface area contributed by atoms with Crippen molar-refractivity contribution in [3.63, 3.8) is 0 Å². The number of hydrogen-bond acceptors (Lipinski definition) is 5. The summed E-state index contributed by atoms with van der Waals surface area (Å²) in [7, 11) is 1.62. The molecule has 6 heteroatoms. The lowest BCUT2D eigenvalue weighted by atomic mass is 10.1. The number of ether oxygens (including phenoxy) is 2. The zero-order chi connectivity index (χ0) is 22.0. The number of benzene rings is 2. The van der Waals surface area contributed by atoms with Crippen molar-refractivity contribution in [1.82, 2.24) is 9.88 Å². The van der Waals surface area contributed by atoms with Gasteiger partial charge in [0.1, 0.15) is 17.3 Å². The molecule has 0 radical (unpaired) electrons. The average Bonchev–Trinajstić information content (AvgIpc) is 2.80. The Bertz CT molecular complexity index is 1070. The Labute approximate surface area is 183 Å². The molecule has 0 N–H and O–H groups in total. The Morgan fingerprint density at radius 3 is 2.32 bits per heavy atom. The molecular formula is C25H29N3O3. The van der Waals surface area contributed by atoms with Gasteiger partial charge >= 0.3 is 0 Å². The van der Waals surface area contributed by atoms with Crippen LogP contribution >= 0.6 is 0 Å². The van der Waals surface area contributed by atoms with Crippen LogP contribution in [0.15, 0.2) is 48.5 Å². The number of anilines is 1. The lowest BCUT2D eigenvalue weighted by Crippen LogP contribution is -2.52. The van der Waals surface area contributed by atoms with Crippen LogP contribution in [0.1, 0.15) is 18.1 Å². The van der Waals surface area contributed by atoms with Crippen LogP contribution in [0.2, 0.25) is 0 Å². The first kappa shape index (κ1) is 21.0. The second-order valence-electron chi connectivity index (χ2n) is 8.02. The summed E-state index contributed by atoms with van der Waals surface area (Å²) < 4.78 is 11.0. The highest BCUT2D eigenvalue weighted by molar-refractivity contribution is 5.86. The highest BCUT2D eigenvalue weighted by atomic mass is 16.5. The molecule has 2 heterocycles. The fourth-order valence-corrected chi connectivity index (χ4v) is 4.03. The van der Waals surface area contributed by atoms with E-state index < -0.39 is 6.10 Å². The topological polar surface area (TPSA) is 54.9 Å². The third-order valence-electron chi connectivity index (χ3n) is 5.87. The van der Waals surface area contributed by atoms with Crippen molar-refractivity contribution in [2.45, 2.75) is 26.9 Å². The molecule has 0 bridgehead atoms. The number of pyridine rings is 1. The van der Waals surface area contributed by atoms with Gasteiger partial charge in [0, 0.05) is 31.6 Å². The van der Waals surface area contributed by atoms with Crippen LogP contribution in [-0.2, 0) is 4.79 Å². The van der Waals surface area contributed by atoms with Crippen molar-refractivity contribution >= 4 is 22.6 Å². The number of hydrogen-bond donors (Lipinski definition) is 0. The summed E-state index contributed by atoms with van der Waals surface area (Å²) in [6, 6.07) is 15.7. The molecule has 31 heavy (non-hydrogen) atoms. The molecule has 1 unspecified atom stereocenters. The van der Waals surface area contributed by atoms with Gasteiger partial charge in [-0.3, -0.25) is 4.79 Å². The van der Waals surface area contributed by atoms with Crippen LogP contribution in [0, 0.1) is 13.8 Å². The predicted molar refractivity (Wildman–Crippen MR) is 123 cm³/mol. The molecule has 1 aliphatic heterocycles. The third kappa shape index (κ3) is 4.43. The van der Waals surface area contributed by atoms with Gasteiger partial charge in [-0.05, 0) is 62.2 Å². The van der Waals surface area contributed by atoms with E-state index in [0.29, 0.717) is 18.8 Å². The average molecular weight is 420 g/mol. The lowest BCUT2D eigenvalue weighted by molar-refractivity contribution is -0.138. The minimum Gasteiger partial charge on any atom is -0.497 e. The number of para-hydroxylation sites is 1. The summed E-state index contributed by atoms with van der Waals surface area (Å²) in [6.07, 6.45) is -0.538. The number of piperazine rings is 1. The van der Waals surface area contributed by atoms with Crippen molar-refractivity contribution in [3.8, 4) is 11.5 Å². The molecule has 1 aromatic heterocycles. The Morgan fingerprint density at radius 1 is 0.968 bits per heavy atom. The number of aryl methyl sites for hydroxylation is 2. The number of amides is 1. The first-order chi connectivity index (χ1) is 15.0. The first-order valence-corrected chi connectivity index (χ1v) is 10.7. The predicted octanol–water partition coefficient (Wildman–Crippen LogP) is 3.98. The molecule has 0 saturated carbocycles. The van der Waals surface area contributed by atoms with Crippen LogP contribution in [0.25, 0.3) is 10.9 Å². The summed E-state index contributed by atoms with van der Waals surface area (Å²) in [5.74, 6) is 2.41. The van der Waals surface area contributed by atoms with Gasteiger partial charge < -0.3 is 19.3 Å². The highest BCUT2D eigenvalue weighted by Gasteiger charge is 2.27. The zero-order valence-corrected chi connectivity index (χ0v) is 18.6. The number of carbonyl (C=O) groups excluding carboxylic acids is 1. The van der Waals surface area contributed by atoms with Crippen LogP contribution < -0.4 is 14.4 Å². The van der Waals surface area contributed by atoms with Crippen molar-refractivity contribution < 1.29 is 14.3 Å². The van der Waals surface area contributed by atoms with Gasteiger partial charge in [0.15, 0.2) is 6.10 Å². The second kappa shape index (κ2) is 8.84. The first-order valence-electron chi connectivity index (χ1n) is 10.7. The Morgan fingerprint density at radius 2 is 1.65 bits per heavy atom. The minimum absolute atomic E-state index is 0.00830. The molecule has 3 aromatic rings. The van der Waals surface area contributed by atoms with Crippen LogP contribution in [0.5, 0.6) is 11.5 Å². The van der Waals surface area contributed by atoms with Crippen molar-refractivity contribution in [2.24, 2.45) is 0 Å². The maximum atomic E-state index is 12.9. The number of aromatic nitrogens is 1. The second-order valence-corrected chi connectivity index (χ2v) is 8.02. The Hall–Kier alpha value is -3.28. The van der Waals surface area contributed by atoms with E-state index in [-0.39, 0.29) is 5.91 Å². The maximum Gasteiger partial charge on any atom is 0.263 e. The van der Waals surface area contributed by atoms with Gasteiger partial charge in [-0.15, -0.1) is 0 Å². The summed E-state index contributed by atoms with van der Waals surface area (Å²) in [5.41, 5.74) is 3.46. The van der Waals surface area contributed by atoms with Crippen LogP contribution in [0.3, 0.4) is 0 Å². The lowest BCUT2D eigenvalue weighted by Gasteiger charge is -2.36. The van der Waals surface area contributed by atoms with Crippen molar-refractivity contribution in [2.75, 3.05) is 38.2 Å². The number of nitrogens with zero attached hydrogens (tertiary/aromatic N) is 3. The molecule has 1 amide bonds. The van der Waals surface area contributed by atoms with Gasteiger partial charge in [-0.25, -0.2) is 4.98 Å². The Kier molecular flexibility index (Phi) is 5.98. The SMILES string of the molecule is COc1ccc(OC(C)C(=O)N2CCN(c3cc(C)c4cccc(C)c4n3)CC2)cc1. The third-order valence-corrected chi connectivity index (χ3v) is 5.87. The monoisotopic (exact) mass is 419 g/mol. The normalized spacial score (nSPS) is 15.1. The molecule has 1 atom stereocenters. The van der Waals surface area contributed by atoms with E-state index in [2.05, 4.69) is 43.0 Å². The molecular weight excluding hydrogens is 390 g/mol. The quantitative estimate of drug-likeness (QED) is 0.626. The standard InChI is InChI=1S/C25H29N3O3/c1-17-6-5-7-22-18(2)16-23(26-24(17)22)27-12-14-28(15-13-27)25(29)19(3)31-21-10-8-20(30-4)9-11-21/h5-11,16,19H,12-15H2,1-4H3. The number of fused-ring (bicyclic) bond motifs is 1. The van der Waals surface area contributed by atoms with Gasteiger partial charge in [0.25, 0.3) is 5.91 Å². The molecule has 1 saturated heterocycles. The summed E-state index contributed by atoms with van der Waals surface area (Å²) >= 11 is 0. The van der Waals surface area contributed by atoms with Gasteiger partial charge in [-0.1, -0.05) is 18.2 Å². The van der Waals surface area contributed by atoms with E-state index in [1.165, 1.54) is 16.5 Å². The number of methoxy groups -OCH3 is 1. The molecule has 162 valence electrons. The van der Waals surface area contributed by atoms with E-state index in [1.807, 2.05) is 29.2 Å². The van der Waals surface area contributed by atoms with Crippen molar-refractivity contribution in [1.29, 1.82) is 0 Å². The van der Waals surface area contributed by atoms with E-state index in [4.69, 9.17) is 14.5 Å². The van der Waals surface area contributed by atoms with Gasteiger partial charge in [0.2, 0.25) is 0 Å². The molecule has 4 rings (SSSR count). The molecule has 0 spiro atoms. The number of rotatable bonds is 5. The largest absolute Gasteiger partial charge is 0.497 e. The zero-order valence-electron chi connectivity index (χ0n) is 18.6. The van der Waals surface area contributed by atoms with E-state index >= 15 is 0 Å². The molecule has 1 fully saturated rings. The van der Waals surface area contributed by atoms with Crippen molar-refractivity contribution in [3.05, 3.63) is 59.7 Å². The van der Waals surface area contributed by atoms with E-state index in [1.54, 1.807) is 14.0 Å². The van der Waals surface area contributed by atoms with Crippen LogP contribution in [0.4, 0.5) is 5.82 Å². The van der Waals surface area contributed by atoms with Gasteiger partial charge in [-0.2, -0.15) is 0 Å². The van der Waals surface area contributed by atoms with E-state index in [9.17, 15) is 4.79 Å². The fraction of sp³-hybridized carbons (Fsp3) is 0.360. The van der Waals surface area contributed by atoms with E-state index in [0.717, 1.165) is 30.2 Å². The van der Waals surface area contributed by atoms with Gasteiger partial charge in [0.05, 0.1) is 12.6 Å². The van der Waals surface area contributed by atoms with Crippen LogP contribution in [-0.4, -0.2) is 55.2 Å². The maximum absolute atomic E-state index is 12.9. The number of carbonyl (C=O) groups is 1. The molecule has 0 aliphatic carbocycles. The fourth-order valence-electron chi connectivity index (χ4n) is 4.03. The molecule has 2 aromatic carbocycles.